The quantitative estimate of drug-likeness (QED) is 0.756. The molecule has 0 aromatic heterocycles. The first-order chi connectivity index (χ1) is 9.99. The molecule has 5 nitrogen and oxygen atoms in total. The monoisotopic (exact) mass is 302 g/mol. The van der Waals surface area contributed by atoms with Crippen molar-refractivity contribution in [2.45, 2.75) is 12.0 Å². The molecule has 118 valence electrons. The Kier molecular flexibility index (Phi) is 4.97. The zero-order valence-electron chi connectivity index (χ0n) is 11.9. The Hall–Kier alpha value is -1.44. The minimum Gasteiger partial charge on any atom is -0.504 e. The van der Waals surface area contributed by atoms with E-state index < -0.39 is 18.6 Å². The normalized spacial score (nSPS) is 18.5. The van der Waals surface area contributed by atoms with Gasteiger partial charge >= 0.3 is 0 Å². The first kappa shape index (κ1) is 15.9. The molecular formula is C14H20F2N2O3. The van der Waals surface area contributed by atoms with E-state index in [0.717, 1.165) is 0 Å². The van der Waals surface area contributed by atoms with E-state index in [1.807, 2.05) is 0 Å². The average molecular weight is 302 g/mol. The highest BCUT2D eigenvalue weighted by atomic mass is 19.3. The van der Waals surface area contributed by atoms with Gasteiger partial charge in [0.15, 0.2) is 11.5 Å². The van der Waals surface area contributed by atoms with Crippen molar-refractivity contribution in [3.05, 3.63) is 23.8 Å². The highest BCUT2D eigenvalue weighted by Gasteiger charge is 2.44. The summed E-state index contributed by atoms with van der Waals surface area (Å²) in [5.41, 5.74) is 0.311. The number of ether oxygens (including phenoxy) is 1. The maximum atomic E-state index is 14.2. The molecule has 1 saturated heterocycles. The van der Waals surface area contributed by atoms with Crippen LogP contribution in [0.3, 0.4) is 0 Å². The summed E-state index contributed by atoms with van der Waals surface area (Å²) >= 11 is 0. The predicted octanol–water partition coefficient (Wildman–Crippen LogP) is 0.975. The fraction of sp³-hybridized carbons (Fsp3) is 0.571. The second kappa shape index (κ2) is 6.55. The van der Waals surface area contributed by atoms with Gasteiger partial charge in [0.25, 0.3) is 5.92 Å². The first-order valence-corrected chi connectivity index (χ1v) is 6.80. The van der Waals surface area contributed by atoms with Gasteiger partial charge in [0.2, 0.25) is 0 Å². The smallest absolute Gasteiger partial charge is 0.289 e. The summed E-state index contributed by atoms with van der Waals surface area (Å²) in [6.07, 6.45) is 0. The number of hydrogen-bond acceptors (Lipinski definition) is 5. The molecule has 0 radical (unpaired) electrons. The van der Waals surface area contributed by atoms with E-state index >= 15 is 0 Å². The van der Waals surface area contributed by atoms with Crippen molar-refractivity contribution >= 4 is 0 Å². The molecule has 7 heteroatoms. The van der Waals surface area contributed by atoms with Crippen molar-refractivity contribution in [3.63, 3.8) is 0 Å². The number of alkyl halides is 2. The summed E-state index contributed by atoms with van der Waals surface area (Å²) < 4.78 is 33.4. The third kappa shape index (κ3) is 3.42. The second-order valence-corrected chi connectivity index (χ2v) is 5.04. The Morgan fingerprint density at radius 2 is 2.05 bits per heavy atom. The van der Waals surface area contributed by atoms with Gasteiger partial charge in [-0.3, -0.25) is 4.90 Å². The lowest BCUT2D eigenvalue weighted by Crippen LogP contribution is -2.51. The number of aromatic hydroxyl groups is 1. The minimum atomic E-state index is -3.28. The molecule has 0 amide bonds. The zero-order valence-corrected chi connectivity index (χ0v) is 11.9. The van der Waals surface area contributed by atoms with Crippen molar-refractivity contribution < 1.29 is 23.7 Å². The number of methoxy groups -OCH3 is 1. The first-order valence-electron chi connectivity index (χ1n) is 6.80. The molecule has 0 aliphatic carbocycles. The molecule has 1 aromatic rings. The lowest BCUT2D eigenvalue weighted by Gasteiger charge is -2.38. The van der Waals surface area contributed by atoms with E-state index in [-0.39, 0.29) is 11.5 Å². The number of aliphatic hydroxyl groups is 1. The van der Waals surface area contributed by atoms with E-state index in [9.17, 15) is 13.9 Å². The lowest BCUT2D eigenvalue weighted by atomic mass is 9.97. The molecule has 0 spiro atoms. The fourth-order valence-corrected chi connectivity index (χ4v) is 2.61. The predicted molar refractivity (Wildman–Crippen MR) is 73.9 cm³/mol. The van der Waals surface area contributed by atoms with Crippen LogP contribution in [0.5, 0.6) is 11.5 Å². The van der Waals surface area contributed by atoms with Gasteiger partial charge in [-0.2, -0.15) is 0 Å². The number of nitrogens with zero attached hydrogens (tertiary/aromatic N) is 1. The highest BCUT2D eigenvalue weighted by Crippen LogP contribution is 2.39. The molecule has 21 heavy (non-hydrogen) atoms. The summed E-state index contributed by atoms with van der Waals surface area (Å²) in [6, 6.07) is 2.91. The molecular weight excluding hydrogens is 282 g/mol. The van der Waals surface area contributed by atoms with Gasteiger partial charge in [-0.05, 0) is 17.7 Å². The Balaban J connectivity index is 2.38. The Morgan fingerprint density at radius 3 is 2.62 bits per heavy atom. The SMILES string of the molecule is COc1cc([C@H](N2CCNCC2)C(F)(F)CO)ccc1O. The Labute approximate surface area is 122 Å². The third-order valence-corrected chi connectivity index (χ3v) is 3.65. The van der Waals surface area contributed by atoms with Crippen LogP contribution in [-0.4, -0.2) is 60.9 Å². The van der Waals surface area contributed by atoms with Gasteiger partial charge in [-0.1, -0.05) is 6.07 Å². The lowest BCUT2D eigenvalue weighted by molar-refractivity contribution is -0.118. The van der Waals surface area contributed by atoms with Crippen molar-refractivity contribution in [2.24, 2.45) is 0 Å². The van der Waals surface area contributed by atoms with Gasteiger partial charge in [-0.25, -0.2) is 8.78 Å². The summed E-state index contributed by atoms with van der Waals surface area (Å²) in [4.78, 5) is 1.64. The number of phenolic OH excluding ortho intramolecular Hbond substituents is 1. The van der Waals surface area contributed by atoms with Gasteiger partial charge in [0.1, 0.15) is 12.6 Å². The fourth-order valence-electron chi connectivity index (χ4n) is 2.61. The summed E-state index contributed by atoms with van der Waals surface area (Å²) in [5, 5.41) is 21.8. The molecule has 1 fully saturated rings. The minimum absolute atomic E-state index is 0.104. The van der Waals surface area contributed by atoms with Crippen LogP contribution in [0.1, 0.15) is 11.6 Å². The van der Waals surface area contributed by atoms with Crippen LogP contribution >= 0.6 is 0 Å². The topological polar surface area (TPSA) is 65.0 Å². The average Bonchev–Trinajstić information content (AvgIpc) is 2.50. The maximum Gasteiger partial charge on any atom is 0.289 e. The zero-order chi connectivity index (χ0) is 15.5. The van der Waals surface area contributed by atoms with Gasteiger partial charge in [-0.15, -0.1) is 0 Å². The van der Waals surface area contributed by atoms with Gasteiger partial charge in [0, 0.05) is 26.2 Å². The van der Waals surface area contributed by atoms with Crippen LogP contribution < -0.4 is 10.1 Å². The van der Waals surface area contributed by atoms with E-state index in [1.165, 1.54) is 25.3 Å². The molecule has 1 aromatic carbocycles. The van der Waals surface area contributed by atoms with E-state index in [4.69, 9.17) is 9.84 Å². The molecule has 0 unspecified atom stereocenters. The third-order valence-electron chi connectivity index (χ3n) is 3.65. The number of phenols is 1. The van der Waals surface area contributed by atoms with Gasteiger partial charge in [0.05, 0.1) is 7.11 Å². The number of benzene rings is 1. The summed E-state index contributed by atoms with van der Waals surface area (Å²) in [6.45, 7) is 0.929. The van der Waals surface area contributed by atoms with E-state index in [1.54, 1.807) is 4.90 Å². The van der Waals surface area contributed by atoms with Crippen LogP contribution in [0.2, 0.25) is 0 Å². The van der Waals surface area contributed by atoms with Gasteiger partial charge < -0.3 is 20.3 Å². The van der Waals surface area contributed by atoms with E-state index in [2.05, 4.69) is 5.32 Å². The number of piperazine rings is 1. The molecule has 0 bridgehead atoms. The van der Waals surface area contributed by atoms with Crippen molar-refractivity contribution in [1.29, 1.82) is 0 Å². The number of hydrogen-bond donors (Lipinski definition) is 3. The second-order valence-electron chi connectivity index (χ2n) is 5.04. The largest absolute Gasteiger partial charge is 0.504 e. The van der Waals surface area contributed by atoms with Crippen LogP contribution in [0.4, 0.5) is 8.78 Å². The molecule has 0 saturated carbocycles. The molecule has 1 aliphatic rings. The molecule has 1 heterocycles. The summed E-state index contributed by atoms with van der Waals surface area (Å²) in [5.74, 6) is -3.24. The number of aliphatic hydroxyl groups excluding tert-OH is 1. The van der Waals surface area contributed by atoms with Crippen molar-refractivity contribution in [1.82, 2.24) is 10.2 Å². The number of nitrogens with one attached hydrogen (secondary N) is 1. The van der Waals surface area contributed by atoms with Crippen LogP contribution in [-0.2, 0) is 0 Å². The molecule has 1 aliphatic heterocycles. The molecule has 1 atom stereocenters. The van der Waals surface area contributed by atoms with E-state index in [0.29, 0.717) is 31.7 Å². The van der Waals surface area contributed by atoms with Crippen molar-refractivity contribution in [2.75, 3.05) is 39.9 Å². The number of rotatable bonds is 5. The van der Waals surface area contributed by atoms with Crippen LogP contribution in [0.15, 0.2) is 18.2 Å². The maximum absolute atomic E-state index is 14.2. The standard InChI is InChI=1S/C14H20F2N2O3/c1-21-12-8-10(2-3-11(12)20)13(14(15,16)9-19)18-6-4-17-5-7-18/h2-3,8,13,17,19-20H,4-7,9H2,1H3/t13-/m0/s1. The summed E-state index contributed by atoms with van der Waals surface area (Å²) in [7, 11) is 1.36. The number of halogens is 2. The Morgan fingerprint density at radius 1 is 1.38 bits per heavy atom. The molecule has 3 N–H and O–H groups in total. The van der Waals surface area contributed by atoms with Crippen LogP contribution in [0, 0.1) is 0 Å². The van der Waals surface area contributed by atoms with Crippen molar-refractivity contribution in [3.8, 4) is 11.5 Å². The Bertz CT molecular complexity index is 479. The molecule has 2 rings (SSSR count). The van der Waals surface area contributed by atoms with Crippen LogP contribution in [0.25, 0.3) is 0 Å². The highest BCUT2D eigenvalue weighted by molar-refractivity contribution is 5.43.